The van der Waals surface area contributed by atoms with Gasteiger partial charge in [0, 0.05) is 12.5 Å². The molecule has 0 N–H and O–H groups in total. The number of amides is 2. The first kappa shape index (κ1) is 20.5. The standard InChI is InChI=1S/C21H20N2O5S2/c1-4-28-13-6-7-14-17(10-13)29-21(22-14)30-18-11-19(24)23(20(18)25)12-5-8-15(26-2)16(9-12)27-3/h5-10,18H,4,11H2,1-3H3. The second-order valence-electron chi connectivity index (χ2n) is 6.46. The molecule has 156 valence electrons. The predicted octanol–water partition coefficient (Wildman–Crippen LogP) is 4.14. The topological polar surface area (TPSA) is 78.0 Å². The van der Waals surface area contributed by atoms with Crippen molar-refractivity contribution >= 4 is 50.8 Å². The van der Waals surface area contributed by atoms with Gasteiger partial charge in [0.1, 0.15) is 11.0 Å². The zero-order valence-corrected chi connectivity index (χ0v) is 18.3. The van der Waals surface area contributed by atoms with Gasteiger partial charge in [-0.25, -0.2) is 9.88 Å². The van der Waals surface area contributed by atoms with E-state index in [1.807, 2.05) is 25.1 Å². The Kier molecular flexibility index (Phi) is 5.83. The lowest BCUT2D eigenvalue weighted by molar-refractivity contribution is -0.121. The highest BCUT2D eigenvalue weighted by molar-refractivity contribution is 8.02. The van der Waals surface area contributed by atoms with E-state index in [0.717, 1.165) is 20.3 Å². The molecule has 1 fully saturated rings. The fourth-order valence-corrected chi connectivity index (χ4v) is 5.61. The number of anilines is 1. The molecule has 1 aliphatic rings. The summed E-state index contributed by atoms with van der Waals surface area (Å²) in [6.45, 7) is 2.53. The Morgan fingerprint density at radius 3 is 2.67 bits per heavy atom. The normalized spacial score (nSPS) is 16.4. The van der Waals surface area contributed by atoms with E-state index in [1.165, 1.54) is 42.2 Å². The molecule has 1 atom stereocenters. The molecular formula is C21H20N2O5S2. The van der Waals surface area contributed by atoms with Gasteiger partial charge in [0.2, 0.25) is 11.8 Å². The fourth-order valence-electron chi connectivity index (χ4n) is 3.24. The van der Waals surface area contributed by atoms with Crippen molar-refractivity contribution in [2.45, 2.75) is 22.9 Å². The summed E-state index contributed by atoms with van der Waals surface area (Å²) in [4.78, 5) is 31.4. The van der Waals surface area contributed by atoms with E-state index in [4.69, 9.17) is 14.2 Å². The molecule has 1 aliphatic heterocycles. The summed E-state index contributed by atoms with van der Waals surface area (Å²) in [6, 6.07) is 10.7. The molecule has 1 saturated heterocycles. The van der Waals surface area contributed by atoms with Crippen LogP contribution in [-0.2, 0) is 9.59 Å². The largest absolute Gasteiger partial charge is 0.494 e. The van der Waals surface area contributed by atoms with Crippen LogP contribution in [-0.4, -0.2) is 42.9 Å². The molecule has 0 bridgehead atoms. The Hall–Kier alpha value is -2.78. The molecule has 9 heteroatoms. The van der Waals surface area contributed by atoms with Crippen LogP contribution in [0.1, 0.15) is 13.3 Å². The van der Waals surface area contributed by atoms with Gasteiger partial charge in [0.05, 0.1) is 36.7 Å². The van der Waals surface area contributed by atoms with Crippen molar-refractivity contribution < 1.29 is 23.8 Å². The van der Waals surface area contributed by atoms with Crippen molar-refractivity contribution in [2.24, 2.45) is 0 Å². The number of thioether (sulfide) groups is 1. The van der Waals surface area contributed by atoms with E-state index >= 15 is 0 Å². The van der Waals surface area contributed by atoms with Crippen LogP contribution >= 0.6 is 23.1 Å². The molecule has 3 aromatic rings. The summed E-state index contributed by atoms with van der Waals surface area (Å²) in [7, 11) is 3.05. The van der Waals surface area contributed by atoms with Gasteiger partial charge in [-0.15, -0.1) is 11.3 Å². The Labute approximate surface area is 181 Å². The van der Waals surface area contributed by atoms with Crippen molar-refractivity contribution in [1.82, 2.24) is 4.98 Å². The third-order valence-corrected chi connectivity index (χ3v) is 6.92. The molecule has 0 saturated carbocycles. The van der Waals surface area contributed by atoms with Crippen molar-refractivity contribution in [2.75, 3.05) is 25.7 Å². The second kappa shape index (κ2) is 8.53. The van der Waals surface area contributed by atoms with Crippen LogP contribution in [0, 0.1) is 0 Å². The van der Waals surface area contributed by atoms with E-state index in [-0.39, 0.29) is 18.2 Å². The van der Waals surface area contributed by atoms with Crippen molar-refractivity contribution in [3.8, 4) is 17.2 Å². The van der Waals surface area contributed by atoms with E-state index in [9.17, 15) is 9.59 Å². The number of carbonyl (C=O) groups excluding carboxylic acids is 2. The van der Waals surface area contributed by atoms with Gasteiger partial charge >= 0.3 is 0 Å². The number of hydrogen-bond donors (Lipinski definition) is 0. The van der Waals surface area contributed by atoms with E-state index in [2.05, 4.69) is 4.98 Å². The first-order valence-electron chi connectivity index (χ1n) is 9.33. The molecule has 4 rings (SSSR count). The van der Waals surface area contributed by atoms with Gasteiger partial charge in [-0.05, 0) is 37.3 Å². The van der Waals surface area contributed by atoms with Crippen molar-refractivity contribution in [1.29, 1.82) is 0 Å². The number of ether oxygens (including phenoxy) is 3. The first-order chi connectivity index (χ1) is 14.5. The first-order valence-corrected chi connectivity index (χ1v) is 11.0. The minimum absolute atomic E-state index is 0.123. The van der Waals surface area contributed by atoms with E-state index in [1.54, 1.807) is 18.2 Å². The van der Waals surface area contributed by atoms with Gasteiger partial charge < -0.3 is 14.2 Å². The van der Waals surface area contributed by atoms with E-state index < -0.39 is 5.25 Å². The maximum Gasteiger partial charge on any atom is 0.247 e. The highest BCUT2D eigenvalue weighted by Crippen LogP contribution is 2.40. The zero-order chi connectivity index (χ0) is 21.3. The van der Waals surface area contributed by atoms with Gasteiger partial charge in [0.15, 0.2) is 15.8 Å². The third kappa shape index (κ3) is 3.82. The Bertz CT molecular complexity index is 1110. The molecular weight excluding hydrogens is 424 g/mol. The quantitative estimate of drug-likeness (QED) is 0.507. The average molecular weight is 445 g/mol. The van der Waals surface area contributed by atoms with Crippen LogP contribution in [0.2, 0.25) is 0 Å². The third-order valence-electron chi connectivity index (χ3n) is 4.62. The van der Waals surface area contributed by atoms with Crippen molar-refractivity contribution in [3.05, 3.63) is 36.4 Å². The summed E-state index contributed by atoms with van der Waals surface area (Å²) in [5.74, 6) is 1.28. The van der Waals surface area contributed by atoms with Gasteiger partial charge in [-0.2, -0.15) is 0 Å². The Balaban J connectivity index is 1.55. The molecule has 2 aromatic carbocycles. The number of benzene rings is 2. The number of methoxy groups -OCH3 is 2. The number of rotatable bonds is 7. The SMILES string of the molecule is CCOc1ccc2nc(SC3CC(=O)N(c4ccc(OC)c(OC)c4)C3=O)sc2c1. The van der Waals surface area contributed by atoms with Crippen LogP contribution < -0.4 is 19.1 Å². The summed E-state index contributed by atoms with van der Waals surface area (Å²) >= 11 is 2.81. The summed E-state index contributed by atoms with van der Waals surface area (Å²) in [6.07, 6.45) is 0.123. The lowest BCUT2D eigenvalue weighted by Crippen LogP contribution is -2.31. The Morgan fingerprint density at radius 1 is 1.13 bits per heavy atom. The number of aromatic nitrogens is 1. The highest BCUT2D eigenvalue weighted by atomic mass is 32.2. The maximum absolute atomic E-state index is 13.0. The summed E-state index contributed by atoms with van der Waals surface area (Å²) < 4.78 is 17.8. The van der Waals surface area contributed by atoms with Crippen LogP contribution in [0.3, 0.4) is 0 Å². The number of thiazole rings is 1. The summed E-state index contributed by atoms with van der Waals surface area (Å²) in [5.41, 5.74) is 1.32. The minimum Gasteiger partial charge on any atom is -0.494 e. The predicted molar refractivity (Wildman–Crippen MR) is 117 cm³/mol. The second-order valence-corrected chi connectivity index (χ2v) is 8.94. The molecule has 1 aromatic heterocycles. The molecule has 30 heavy (non-hydrogen) atoms. The van der Waals surface area contributed by atoms with Gasteiger partial charge in [-0.1, -0.05) is 11.8 Å². The number of nitrogens with zero attached hydrogens (tertiary/aromatic N) is 2. The van der Waals surface area contributed by atoms with Crippen LogP contribution in [0.15, 0.2) is 40.7 Å². The van der Waals surface area contributed by atoms with Crippen LogP contribution in [0.25, 0.3) is 10.2 Å². The van der Waals surface area contributed by atoms with Gasteiger partial charge in [-0.3, -0.25) is 9.59 Å². The zero-order valence-electron chi connectivity index (χ0n) is 16.7. The number of carbonyl (C=O) groups is 2. The molecule has 2 heterocycles. The van der Waals surface area contributed by atoms with Crippen molar-refractivity contribution in [3.63, 3.8) is 0 Å². The number of fused-ring (bicyclic) bond motifs is 1. The minimum atomic E-state index is -0.516. The number of imide groups is 1. The molecule has 1 unspecified atom stereocenters. The van der Waals surface area contributed by atoms with Crippen LogP contribution in [0.5, 0.6) is 17.2 Å². The van der Waals surface area contributed by atoms with Crippen LogP contribution in [0.4, 0.5) is 5.69 Å². The molecule has 0 radical (unpaired) electrons. The molecule has 0 aliphatic carbocycles. The Morgan fingerprint density at radius 2 is 1.93 bits per heavy atom. The average Bonchev–Trinajstić information content (AvgIpc) is 3.27. The highest BCUT2D eigenvalue weighted by Gasteiger charge is 2.41. The smallest absolute Gasteiger partial charge is 0.247 e. The lowest BCUT2D eigenvalue weighted by atomic mass is 10.2. The maximum atomic E-state index is 13.0. The molecule has 0 spiro atoms. The molecule has 7 nitrogen and oxygen atoms in total. The summed E-state index contributed by atoms with van der Waals surface area (Å²) in [5, 5.41) is -0.516. The molecule has 2 amide bonds. The fraction of sp³-hybridized carbons (Fsp3) is 0.286. The van der Waals surface area contributed by atoms with Gasteiger partial charge in [0.25, 0.3) is 0 Å². The monoisotopic (exact) mass is 444 g/mol. The number of hydrogen-bond acceptors (Lipinski definition) is 8. The lowest BCUT2D eigenvalue weighted by Gasteiger charge is -2.17. The van der Waals surface area contributed by atoms with E-state index in [0.29, 0.717) is 23.8 Å².